The summed E-state index contributed by atoms with van der Waals surface area (Å²) < 4.78 is 23.9. The molecule has 0 aliphatic carbocycles. The van der Waals surface area contributed by atoms with Crippen molar-refractivity contribution in [3.05, 3.63) is 47.8 Å². The number of benzene rings is 2. The first-order valence-corrected chi connectivity index (χ1v) is 5.47. The van der Waals surface area contributed by atoms with Crippen LogP contribution in [0.25, 0.3) is 0 Å². The average molecular weight is 247 g/mol. The van der Waals surface area contributed by atoms with Gasteiger partial charge in [0.05, 0.1) is 12.8 Å². The van der Waals surface area contributed by atoms with Crippen LogP contribution in [0, 0.1) is 12.7 Å². The molecule has 0 heterocycles. The van der Waals surface area contributed by atoms with E-state index in [0.29, 0.717) is 11.5 Å². The lowest BCUT2D eigenvalue weighted by Crippen LogP contribution is -1.96. The van der Waals surface area contributed by atoms with Gasteiger partial charge >= 0.3 is 0 Å². The van der Waals surface area contributed by atoms with E-state index in [1.54, 1.807) is 0 Å². The molecule has 2 N–H and O–H groups in total. The van der Waals surface area contributed by atoms with Crippen LogP contribution in [0.15, 0.2) is 36.4 Å². The van der Waals surface area contributed by atoms with Crippen molar-refractivity contribution in [2.45, 2.75) is 6.92 Å². The van der Waals surface area contributed by atoms with Crippen LogP contribution in [0.3, 0.4) is 0 Å². The minimum atomic E-state index is -0.508. The standard InChI is InChI=1S/C14H14FNO2/c1-9-4-3-5-10(6-9)18-14-8-13(17-2)11(15)7-12(14)16/h3-8H,16H2,1-2H3. The van der Waals surface area contributed by atoms with Gasteiger partial charge in [0.2, 0.25) is 0 Å². The first-order valence-electron chi connectivity index (χ1n) is 5.47. The summed E-state index contributed by atoms with van der Waals surface area (Å²) in [5.41, 5.74) is 7.01. The number of hydrogen-bond donors (Lipinski definition) is 1. The Kier molecular flexibility index (Phi) is 3.37. The minimum Gasteiger partial charge on any atom is -0.494 e. The topological polar surface area (TPSA) is 44.5 Å². The molecule has 18 heavy (non-hydrogen) atoms. The van der Waals surface area contributed by atoms with E-state index in [-0.39, 0.29) is 11.4 Å². The Labute approximate surface area is 105 Å². The van der Waals surface area contributed by atoms with Crippen LogP contribution in [-0.4, -0.2) is 7.11 Å². The zero-order valence-corrected chi connectivity index (χ0v) is 10.2. The summed E-state index contributed by atoms with van der Waals surface area (Å²) in [5.74, 6) is 0.618. The number of aryl methyl sites for hydroxylation is 1. The molecule has 0 amide bonds. The Balaban J connectivity index is 2.34. The van der Waals surface area contributed by atoms with Crippen LogP contribution in [0.5, 0.6) is 17.2 Å². The smallest absolute Gasteiger partial charge is 0.167 e. The van der Waals surface area contributed by atoms with Crippen LogP contribution in [0.4, 0.5) is 10.1 Å². The third-order valence-electron chi connectivity index (χ3n) is 2.50. The van der Waals surface area contributed by atoms with Crippen molar-refractivity contribution in [1.29, 1.82) is 0 Å². The largest absolute Gasteiger partial charge is 0.494 e. The fraction of sp³-hybridized carbons (Fsp3) is 0.143. The van der Waals surface area contributed by atoms with Gasteiger partial charge < -0.3 is 15.2 Å². The van der Waals surface area contributed by atoms with E-state index < -0.39 is 5.82 Å². The first-order chi connectivity index (χ1) is 8.60. The fourth-order valence-electron chi connectivity index (χ4n) is 1.60. The SMILES string of the molecule is COc1cc(Oc2cccc(C)c2)c(N)cc1F. The number of ether oxygens (including phenoxy) is 2. The zero-order chi connectivity index (χ0) is 13.1. The highest BCUT2D eigenvalue weighted by Crippen LogP contribution is 2.33. The second-order valence-electron chi connectivity index (χ2n) is 3.94. The van der Waals surface area contributed by atoms with Gasteiger partial charge in [0.1, 0.15) is 5.75 Å². The van der Waals surface area contributed by atoms with Crippen LogP contribution in [0.1, 0.15) is 5.56 Å². The summed E-state index contributed by atoms with van der Waals surface area (Å²) >= 11 is 0. The molecular formula is C14H14FNO2. The maximum absolute atomic E-state index is 13.4. The van der Waals surface area contributed by atoms with Crippen LogP contribution >= 0.6 is 0 Å². The van der Waals surface area contributed by atoms with Crippen molar-refractivity contribution < 1.29 is 13.9 Å². The predicted molar refractivity (Wildman–Crippen MR) is 68.6 cm³/mol. The predicted octanol–water partition coefficient (Wildman–Crippen LogP) is 3.52. The summed E-state index contributed by atoms with van der Waals surface area (Å²) in [6.07, 6.45) is 0. The van der Waals surface area contributed by atoms with Crippen molar-refractivity contribution in [3.63, 3.8) is 0 Å². The van der Waals surface area contributed by atoms with Gasteiger partial charge in [0.25, 0.3) is 0 Å². The molecule has 0 aromatic heterocycles. The van der Waals surface area contributed by atoms with Crippen molar-refractivity contribution in [3.8, 4) is 17.2 Å². The summed E-state index contributed by atoms with van der Waals surface area (Å²) in [5, 5.41) is 0. The maximum atomic E-state index is 13.4. The summed E-state index contributed by atoms with van der Waals surface area (Å²) in [6, 6.07) is 10.1. The second-order valence-corrected chi connectivity index (χ2v) is 3.94. The minimum absolute atomic E-state index is 0.104. The fourth-order valence-corrected chi connectivity index (χ4v) is 1.60. The molecule has 0 radical (unpaired) electrons. The van der Waals surface area contributed by atoms with E-state index in [0.717, 1.165) is 5.56 Å². The van der Waals surface area contributed by atoms with Gasteiger partial charge in [-0.25, -0.2) is 4.39 Å². The molecule has 94 valence electrons. The normalized spacial score (nSPS) is 10.2. The van der Waals surface area contributed by atoms with Crippen LogP contribution in [-0.2, 0) is 0 Å². The number of hydrogen-bond acceptors (Lipinski definition) is 3. The van der Waals surface area contributed by atoms with Crippen molar-refractivity contribution in [2.75, 3.05) is 12.8 Å². The number of methoxy groups -OCH3 is 1. The number of nitrogens with two attached hydrogens (primary N) is 1. The Hall–Kier alpha value is -2.23. The second kappa shape index (κ2) is 4.96. The molecule has 0 saturated heterocycles. The Morgan fingerprint density at radius 1 is 1.11 bits per heavy atom. The van der Waals surface area contributed by atoms with E-state index in [2.05, 4.69) is 0 Å². The molecular weight excluding hydrogens is 233 g/mol. The van der Waals surface area contributed by atoms with Crippen molar-refractivity contribution >= 4 is 5.69 Å². The number of nitrogen functional groups attached to an aromatic ring is 1. The Bertz CT molecular complexity index is 570. The molecule has 0 spiro atoms. The molecule has 0 bridgehead atoms. The quantitative estimate of drug-likeness (QED) is 0.844. The van der Waals surface area contributed by atoms with E-state index in [4.69, 9.17) is 15.2 Å². The maximum Gasteiger partial charge on any atom is 0.167 e. The molecule has 2 aromatic carbocycles. The van der Waals surface area contributed by atoms with E-state index >= 15 is 0 Å². The number of anilines is 1. The highest BCUT2D eigenvalue weighted by atomic mass is 19.1. The van der Waals surface area contributed by atoms with Gasteiger partial charge in [-0.15, -0.1) is 0 Å². The third kappa shape index (κ3) is 2.53. The first kappa shape index (κ1) is 12.2. The molecule has 0 atom stereocenters. The van der Waals surface area contributed by atoms with E-state index in [1.807, 2.05) is 31.2 Å². The van der Waals surface area contributed by atoms with Crippen LogP contribution in [0.2, 0.25) is 0 Å². The highest BCUT2D eigenvalue weighted by molar-refractivity contribution is 5.57. The molecule has 0 aliphatic heterocycles. The molecule has 0 saturated carbocycles. The lowest BCUT2D eigenvalue weighted by molar-refractivity contribution is 0.382. The molecule has 0 aliphatic rings. The molecule has 3 nitrogen and oxygen atoms in total. The van der Waals surface area contributed by atoms with Gasteiger partial charge in [-0.1, -0.05) is 12.1 Å². The molecule has 2 aromatic rings. The molecule has 4 heteroatoms. The summed E-state index contributed by atoms with van der Waals surface area (Å²) in [4.78, 5) is 0. The number of rotatable bonds is 3. The van der Waals surface area contributed by atoms with Crippen molar-refractivity contribution in [1.82, 2.24) is 0 Å². The number of halogens is 1. The lowest BCUT2D eigenvalue weighted by Gasteiger charge is -2.11. The van der Waals surface area contributed by atoms with Gasteiger partial charge in [-0.3, -0.25) is 0 Å². The summed E-state index contributed by atoms with van der Waals surface area (Å²) in [6.45, 7) is 1.96. The molecule has 0 unspecified atom stereocenters. The summed E-state index contributed by atoms with van der Waals surface area (Å²) in [7, 11) is 1.39. The highest BCUT2D eigenvalue weighted by Gasteiger charge is 2.10. The van der Waals surface area contributed by atoms with Gasteiger partial charge in [-0.05, 0) is 24.6 Å². The van der Waals surface area contributed by atoms with E-state index in [1.165, 1.54) is 19.2 Å². The lowest BCUT2D eigenvalue weighted by atomic mass is 10.2. The van der Waals surface area contributed by atoms with Gasteiger partial charge in [-0.2, -0.15) is 0 Å². The van der Waals surface area contributed by atoms with Gasteiger partial charge in [0, 0.05) is 12.1 Å². The monoisotopic (exact) mass is 247 g/mol. The Morgan fingerprint density at radius 3 is 2.56 bits per heavy atom. The third-order valence-corrected chi connectivity index (χ3v) is 2.50. The van der Waals surface area contributed by atoms with Crippen LogP contribution < -0.4 is 15.2 Å². The Morgan fingerprint density at radius 2 is 1.89 bits per heavy atom. The molecule has 0 fully saturated rings. The molecule has 2 rings (SSSR count). The van der Waals surface area contributed by atoms with E-state index in [9.17, 15) is 4.39 Å². The zero-order valence-electron chi connectivity index (χ0n) is 10.2. The van der Waals surface area contributed by atoms with Crippen molar-refractivity contribution in [2.24, 2.45) is 0 Å². The van der Waals surface area contributed by atoms with Gasteiger partial charge in [0.15, 0.2) is 17.3 Å². The average Bonchev–Trinajstić information content (AvgIpc) is 2.33.